The second-order valence-electron chi connectivity index (χ2n) is 3.58. The first-order valence-corrected chi connectivity index (χ1v) is 5.08. The van der Waals surface area contributed by atoms with Gasteiger partial charge in [-0.25, -0.2) is 18.3 Å². The van der Waals surface area contributed by atoms with Crippen LogP contribution in [0.4, 0.5) is 14.7 Å². The van der Waals surface area contributed by atoms with E-state index in [9.17, 15) is 23.7 Å². The Morgan fingerprint density at radius 2 is 2.25 bits per heavy atom. The van der Waals surface area contributed by atoms with E-state index in [2.05, 4.69) is 10.3 Å². The molecule has 0 amide bonds. The summed E-state index contributed by atoms with van der Waals surface area (Å²) in [4.78, 5) is 20.3. The van der Waals surface area contributed by atoms with E-state index in [-0.39, 0.29) is 5.76 Å². The van der Waals surface area contributed by atoms with Crippen molar-refractivity contribution >= 4 is 11.9 Å². The summed E-state index contributed by atoms with van der Waals surface area (Å²) in [7, 11) is 0. The first kappa shape index (κ1) is 13.6. The van der Waals surface area contributed by atoms with Gasteiger partial charge in [0.1, 0.15) is 22.9 Å². The summed E-state index contributed by atoms with van der Waals surface area (Å²) in [5, 5.41) is 25.5. The van der Waals surface area contributed by atoms with Gasteiger partial charge >= 0.3 is 11.9 Å². The van der Waals surface area contributed by atoms with Crippen LogP contribution in [0.3, 0.4) is 0 Å². The van der Waals surface area contributed by atoms with Crippen molar-refractivity contribution in [2.75, 3.05) is 0 Å². The Morgan fingerprint density at radius 3 is 2.75 bits per heavy atom. The molecule has 2 aromatic heterocycles. The van der Waals surface area contributed by atoms with Crippen molar-refractivity contribution in [3.8, 4) is 0 Å². The van der Waals surface area contributed by atoms with Crippen LogP contribution in [0, 0.1) is 10.1 Å². The van der Waals surface area contributed by atoms with Gasteiger partial charge in [-0.05, 0) is 6.07 Å². The number of hydrogen-bond donors (Lipinski definition) is 1. The molecule has 0 fully saturated rings. The van der Waals surface area contributed by atoms with Crippen LogP contribution in [0.2, 0.25) is 0 Å². The number of rotatable bonds is 5. The molecule has 2 aromatic rings. The van der Waals surface area contributed by atoms with E-state index in [0.717, 1.165) is 6.07 Å². The van der Waals surface area contributed by atoms with E-state index in [1.165, 1.54) is 6.07 Å². The number of furan rings is 1. The van der Waals surface area contributed by atoms with Crippen LogP contribution in [0.1, 0.15) is 28.4 Å². The molecule has 0 saturated heterocycles. The number of halogens is 2. The zero-order valence-corrected chi connectivity index (χ0v) is 9.56. The number of aromatic nitrogens is 3. The second-order valence-corrected chi connectivity index (χ2v) is 3.58. The fourth-order valence-corrected chi connectivity index (χ4v) is 1.50. The molecule has 1 N–H and O–H groups in total. The predicted molar refractivity (Wildman–Crippen MR) is 56.4 cm³/mol. The minimum Gasteiger partial charge on any atom is -0.476 e. The monoisotopic (exact) mass is 288 g/mol. The molecular weight excluding hydrogens is 282 g/mol. The highest BCUT2D eigenvalue weighted by atomic mass is 19.3. The molecule has 0 saturated carbocycles. The Hall–Kier alpha value is -2.85. The smallest absolute Gasteiger partial charge is 0.433 e. The van der Waals surface area contributed by atoms with Gasteiger partial charge in [0, 0.05) is 0 Å². The second kappa shape index (κ2) is 5.03. The lowest BCUT2D eigenvalue weighted by molar-refractivity contribution is -0.402. The number of alkyl halides is 2. The van der Waals surface area contributed by atoms with Gasteiger partial charge in [0.15, 0.2) is 5.69 Å². The Bertz CT molecular complexity index is 665. The number of aromatic carboxylic acids is 1. The molecule has 0 radical (unpaired) electrons. The molecule has 106 valence electrons. The highest BCUT2D eigenvalue weighted by molar-refractivity contribution is 5.86. The van der Waals surface area contributed by atoms with Crippen LogP contribution in [-0.4, -0.2) is 31.0 Å². The lowest BCUT2D eigenvalue weighted by Gasteiger charge is -2.03. The Balaban J connectivity index is 2.33. The molecule has 0 bridgehead atoms. The molecule has 0 atom stereocenters. The summed E-state index contributed by atoms with van der Waals surface area (Å²) in [6.45, 7) is -0.395. The maximum absolute atomic E-state index is 12.8. The molecule has 9 nitrogen and oxygen atoms in total. The summed E-state index contributed by atoms with van der Waals surface area (Å²) in [6.07, 6.45) is -3.11. The van der Waals surface area contributed by atoms with Crippen molar-refractivity contribution in [2.45, 2.75) is 13.0 Å². The van der Waals surface area contributed by atoms with Gasteiger partial charge in [-0.1, -0.05) is 5.21 Å². The predicted octanol–water partition coefficient (Wildman–Crippen LogP) is 1.46. The average Bonchev–Trinajstić information content (AvgIpc) is 2.95. The molecule has 2 heterocycles. The standard InChI is InChI=1S/C9H6F2N4O5/c10-8(11)7-6(9(16)17)12-13-14(7)3-4-1-2-5(20-4)15(18)19/h1-2,8H,3H2,(H,16,17). The summed E-state index contributed by atoms with van der Waals surface area (Å²) >= 11 is 0. The SMILES string of the molecule is O=C(O)c1nnn(Cc2ccc([N+](=O)[O-])o2)c1C(F)F. The van der Waals surface area contributed by atoms with Gasteiger partial charge in [-0.3, -0.25) is 10.1 Å². The number of carboxylic acid groups (broad SMARTS) is 1. The lowest BCUT2D eigenvalue weighted by atomic mass is 10.3. The third-order valence-electron chi connectivity index (χ3n) is 2.32. The van der Waals surface area contributed by atoms with E-state index in [1.54, 1.807) is 0 Å². The molecule has 0 aliphatic carbocycles. The van der Waals surface area contributed by atoms with Crippen molar-refractivity contribution in [3.63, 3.8) is 0 Å². The molecule has 0 spiro atoms. The number of nitrogens with zero attached hydrogens (tertiary/aromatic N) is 4. The third-order valence-corrected chi connectivity index (χ3v) is 2.32. The van der Waals surface area contributed by atoms with Gasteiger partial charge in [0.25, 0.3) is 6.43 Å². The van der Waals surface area contributed by atoms with Gasteiger partial charge in [-0.15, -0.1) is 5.10 Å². The summed E-state index contributed by atoms with van der Waals surface area (Å²) in [5.41, 5.74) is -1.77. The number of carbonyl (C=O) groups is 1. The van der Waals surface area contributed by atoms with E-state index < -0.39 is 41.1 Å². The molecule has 0 aromatic carbocycles. The van der Waals surface area contributed by atoms with Crippen LogP contribution in [0.25, 0.3) is 0 Å². The molecule has 2 rings (SSSR count). The van der Waals surface area contributed by atoms with Crippen molar-refractivity contribution in [1.82, 2.24) is 15.0 Å². The van der Waals surface area contributed by atoms with E-state index >= 15 is 0 Å². The molecule has 0 aliphatic heterocycles. The summed E-state index contributed by atoms with van der Waals surface area (Å²) in [5.74, 6) is -2.23. The fourth-order valence-electron chi connectivity index (χ4n) is 1.50. The molecular formula is C9H6F2N4O5. The zero-order valence-electron chi connectivity index (χ0n) is 9.56. The molecule has 11 heteroatoms. The maximum atomic E-state index is 12.8. The lowest BCUT2D eigenvalue weighted by Crippen LogP contribution is -2.09. The highest BCUT2D eigenvalue weighted by Gasteiger charge is 2.27. The fraction of sp³-hybridized carbons (Fsp3) is 0.222. The first-order valence-electron chi connectivity index (χ1n) is 5.08. The number of hydrogen-bond acceptors (Lipinski definition) is 6. The van der Waals surface area contributed by atoms with E-state index in [4.69, 9.17) is 9.52 Å². The topological polar surface area (TPSA) is 124 Å². The molecule has 0 unspecified atom stereocenters. The Kier molecular flexibility index (Phi) is 3.41. The quantitative estimate of drug-likeness (QED) is 0.652. The number of carboxylic acids is 1. The number of nitro groups is 1. The van der Waals surface area contributed by atoms with Crippen molar-refractivity contribution in [1.29, 1.82) is 0 Å². The van der Waals surface area contributed by atoms with Gasteiger partial charge in [0.05, 0.1) is 6.07 Å². The van der Waals surface area contributed by atoms with Gasteiger partial charge in [0.2, 0.25) is 0 Å². The summed E-state index contributed by atoms with van der Waals surface area (Å²) in [6, 6.07) is 2.25. The molecule has 20 heavy (non-hydrogen) atoms. The Morgan fingerprint density at radius 1 is 1.55 bits per heavy atom. The highest BCUT2D eigenvalue weighted by Crippen LogP contribution is 2.23. The average molecular weight is 288 g/mol. The van der Waals surface area contributed by atoms with Crippen molar-refractivity contribution in [3.05, 3.63) is 39.4 Å². The van der Waals surface area contributed by atoms with Crippen molar-refractivity contribution in [2.24, 2.45) is 0 Å². The van der Waals surface area contributed by atoms with Crippen molar-refractivity contribution < 1.29 is 28.0 Å². The van der Waals surface area contributed by atoms with Crippen LogP contribution in [0.5, 0.6) is 0 Å². The first-order chi connectivity index (χ1) is 9.40. The zero-order chi connectivity index (χ0) is 14.9. The van der Waals surface area contributed by atoms with Crippen LogP contribution in [-0.2, 0) is 6.54 Å². The summed E-state index contributed by atoms with van der Waals surface area (Å²) < 4.78 is 31.0. The molecule has 0 aliphatic rings. The van der Waals surface area contributed by atoms with Gasteiger partial charge < -0.3 is 9.52 Å². The Labute approximate surface area is 108 Å². The maximum Gasteiger partial charge on any atom is 0.433 e. The van der Waals surface area contributed by atoms with Gasteiger partial charge in [-0.2, -0.15) is 0 Å². The third kappa shape index (κ3) is 2.46. The van der Waals surface area contributed by atoms with E-state index in [1.807, 2.05) is 0 Å². The van der Waals surface area contributed by atoms with Crippen LogP contribution >= 0.6 is 0 Å². The minimum absolute atomic E-state index is 0.0274. The van der Waals surface area contributed by atoms with Crippen LogP contribution in [0.15, 0.2) is 16.5 Å². The normalized spacial score (nSPS) is 10.9. The van der Waals surface area contributed by atoms with E-state index in [0.29, 0.717) is 4.68 Å². The minimum atomic E-state index is -3.11. The van der Waals surface area contributed by atoms with Crippen LogP contribution < -0.4 is 0 Å². The largest absolute Gasteiger partial charge is 0.476 e.